The van der Waals surface area contributed by atoms with Gasteiger partial charge < -0.3 is 5.32 Å². The minimum Gasteiger partial charge on any atom is -0.308 e. The van der Waals surface area contributed by atoms with E-state index in [0.717, 1.165) is 10.0 Å². The minimum atomic E-state index is -4.04. The van der Waals surface area contributed by atoms with E-state index in [1.54, 1.807) is 0 Å². The van der Waals surface area contributed by atoms with Gasteiger partial charge in [0, 0.05) is 18.5 Å². The third-order valence-corrected chi connectivity index (χ3v) is 4.77. The summed E-state index contributed by atoms with van der Waals surface area (Å²) in [5.41, 5.74) is 0. The average Bonchev–Trinajstić information content (AvgIpc) is 2.84. The van der Waals surface area contributed by atoms with Crippen molar-refractivity contribution in [2.24, 2.45) is 5.92 Å². The molecule has 3 nitrogen and oxygen atoms in total. The minimum absolute atomic E-state index is 0.152. The molecule has 0 bridgehead atoms. The highest BCUT2D eigenvalue weighted by Gasteiger charge is 2.42. The lowest BCUT2D eigenvalue weighted by Crippen LogP contribution is -2.27. The Morgan fingerprint density at radius 2 is 1.85 bits per heavy atom. The Bertz CT molecular complexity index is 423. The summed E-state index contributed by atoms with van der Waals surface area (Å²) in [4.78, 5) is 0. The fourth-order valence-electron chi connectivity index (χ4n) is 2.46. The maximum atomic E-state index is 12.6. The van der Waals surface area contributed by atoms with Crippen LogP contribution in [0.3, 0.4) is 0 Å². The third kappa shape index (κ3) is 4.15. The van der Waals surface area contributed by atoms with Crippen LogP contribution in [0.1, 0.15) is 55.5 Å². The van der Waals surface area contributed by atoms with Crippen LogP contribution in [-0.4, -0.2) is 22.4 Å². The van der Waals surface area contributed by atoms with Crippen molar-refractivity contribution >= 4 is 11.3 Å². The van der Waals surface area contributed by atoms with Crippen molar-refractivity contribution in [1.82, 2.24) is 15.5 Å². The SMILES string of the molecule is CC(C)NCc1nnc(C2CCC(C(F)(F)F)CC2)s1. The number of nitrogens with one attached hydrogen (secondary N) is 1. The number of hydrogen-bond donors (Lipinski definition) is 1. The maximum Gasteiger partial charge on any atom is 0.391 e. The second-order valence-electron chi connectivity index (χ2n) is 5.66. The average molecular weight is 307 g/mol. The van der Waals surface area contributed by atoms with Gasteiger partial charge in [0.1, 0.15) is 10.0 Å². The summed E-state index contributed by atoms with van der Waals surface area (Å²) in [6.45, 7) is 4.79. The molecule has 1 saturated carbocycles. The lowest BCUT2D eigenvalue weighted by Gasteiger charge is -2.28. The molecule has 1 fully saturated rings. The van der Waals surface area contributed by atoms with Crippen molar-refractivity contribution in [3.05, 3.63) is 10.0 Å². The van der Waals surface area contributed by atoms with Gasteiger partial charge in [-0.05, 0) is 25.7 Å². The lowest BCUT2D eigenvalue weighted by molar-refractivity contribution is -0.182. The van der Waals surface area contributed by atoms with Crippen molar-refractivity contribution in [3.63, 3.8) is 0 Å². The molecular formula is C13H20F3N3S. The van der Waals surface area contributed by atoms with E-state index in [-0.39, 0.29) is 18.8 Å². The molecule has 1 N–H and O–H groups in total. The number of hydrogen-bond acceptors (Lipinski definition) is 4. The van der Waals surface area contributed by atoms with E-state index < -0.39 is 12.1 Å². The smallest absolute Gasteiger partial charge is 0.308 e. The van der Waals surface area contributed by atoms with E-state index in [0.29, 0.717) is 25.4 Å². The van der Waals surface area contributed by atoms with E-state index >= 15 is 0 Å². The second kappa shape index (κ2) is 6.39. The molecule has 1 aromatic heterocycles. The molecule has 0 aromatic carbocycles. The first-order valence-corrected chi connectivity index (χ1v) is 7.80. The molecule has 0 saturated heterocycles. The Labute approximate surface area is 121 Å². The van der Waals surface area contributed by atoms with Crippen LogP contribution < -0.4 is 5.32 Å². The van der Waals surface area contributed by atoms with Gasteiger partial charge in [0.05, 0.1) is 5.92 Å². The van der Waals surface area contributed by atoms with Gasteiger partial charge in [-0.3, -0.25) is 0 Å². The first kappa shape index (κ1) is 15.7. The van der Waals surface area contributed by atoms with Crippen LogP contribution >= 0.6 is 11.3 Å². The van der Waals surface area contributed by atoms with Crippen LogP contribution in [0.4, 0.5) is 13.2 Å². The number of nitrogens with zero attached hydrogens (tertiary/aromatic N) is 2. The van der Waals surface area contributed by atoms with Gasteiger partial charge in [0.15, 0.2) is 0 Å². The normalized spacial score (nSPS) is 24.3. The monoisotopic (exact) mass is 307 g/mol. The molecule has 1 heterocycles. The van der Waals surface area contributed by atoms with Crippen molar-refractivity contribution in [2.75, 3.05) is 0 Å². The Morgan fingerprint density at radius 3 is 2.40 bits per heavy atom. The molecule has 0 spiro atoms. The number of alkyl halides is 3. The quantitative estimate of drug-likeness (QED) is 0.917. The molecule has 114 valence electrons. The van der Waals surface area contributed by atoms with Crippen LogP contribution in [0.5, 0.6) is 0 Å². The Balaban J connectivity index is 1.88. The van der Waals surface area contributed by atoms with E-state index in [4.69, 9.17) is 0 Å². The van der Waals surface area contributed by atoms with Gasteiger partial charge in [-0.25, -0.2) is 0 Å². The van der Waals surface area contributed by atoms with Crippen molar-refractivity contribution in [2.45, 2.75) is 64.2 Å². The summed E-state index contributed by atoms with van der Waals surface area (Å²) < 4.78 is 37.9. The van der Waals surface area contributed by atoms with E-state index in [1.807, 2.05) is 0 Å². The summed E-state index contributed by atoms with van der Waals surface area (Å²) in [6, 6.07) is 0.379. The molecule has 0 radical (unpaired) electrons. The fraction of sp³-hybridized carbons (Fsp3) is 0.846. The van der Waals surface area contributed by atoms with Crippen LogP contribution in [0.15, 0.2) is 0 Å². The number of rotatable bonds is 4. The summed E-state index contributed by atoms with van der Waals surface area (Å²) in [5, 5.41) is 13.3. The molecular weight excluding hydrogens is 287 g/mol. The second-order valence-corrected chi connectivity index (χ2v) is 6.75. The van der Waals surface area contributed by atoms with E-state index in [2.05, 4.69) is 29.4 Å². The highest BCUT2D eigenvalue weighted by atomic mass is 32.1. The Morgan fingerprint density at radius 1 is 1.20 bits per heavy atom. The van der Waals surface area contributed by atoms with Crippen molar-refractivity contribution in [1.29, 1.82) is 0 Å². The Kier molecular flexibility index (Phi) is 5.01. The van der Waals surface area contributed by atoms with Gasteiger partial charge >= 0.3 is 6.18 Å². The predicted octanol–water partition coefficient (Wildman–Crippen LogP) is 3.87. The van der Waals surface area contributed by atoms with Crippen LogP contribution in [-0.2, 0) is 6.54 Å². The van der Waals surface area contributed by atoms with Crippen LogP contribution in [0.2, 0.25) is 0 Å². The summed E-state index contributed by atoms with van der Waals surface area (Å²) in [6.07, 6.45) is -2.48. The molecule has 0 amide bonds. The summed E-state index contributed by atoms with van der Waals surface area (Å²) >= 11 is 1.52. The van der Waals surface area contributed by atoms with Gasteiger partial charge in [-0.1, -0.05) is 25.2 Å². The molecule has 1 aromatic rings. The van der Waals surface area contributed by atoms with Crippen molar-refractivity contribution in [3.8, 4) is 0 Å². The lowest BCUT2D eigenvalue weighted by atomic mass is 9.82. The van der Waals surface area contributed by atoms with Crippen LogP contribution in [0.25, 0.3) is 0 Å². The zero-order valence-corrected chi connectivity index (χ0v) is 12.5. The Hall–Kier alpha value is -0.690. The topological polar surface area (TPSA) is 37.8 Å². The van der Waals surface area contributed by atoms with Gasteiger partial charge in [-0.15, -0.1) is 10.2 Å². The fourth-order valence-corrected chi connectivity index (χ4v) is 3.42. The standard InChI is InChI=1S/C13H20F3N3S/c1-8(2)17-7-11-18-19-12(20-11)9-3-5-10(6-4-9)13(14,15)16/h8-10,17H,3-7H2,1-2H3. The first-order chi connectivity index (χ1) is 9.36. The first-order valence-electron chi connectivity index (χ1n) is 6.98. The van der Waals surface area contributed by atoms with E-state index in [1.165, 1.54) is 11.3 Å². The molecule has 1 aliphatic carbocycles. The molecule has 20 heavy (non-hydrogen) atoms. The molecule has 0 aliphatic heterocycles. The molecule has 2 rings (SSSR count). The highest BCUT2D eigenvalue weighted by molar-refractivity contribution is 7.11. The van der Waals surface area contributed by atoms with E-state index in [9.17, 15) is 13.2 Å². The largest absolute Gasteiger partial charge is 0.391 e. The predicted molar refractivity (Wildman–Crippen MR) is 72.6 cm³/mol. The molecule has 7 heteroatoms. The summed E-state index contributed by atoms with van der Waals surface area (Å²) in [5.74, 6) is -0.979. The zero-order chi connectivity index (χ0) is 14.8. The number of aromatic nitrogens is 2. The maximum absolute atomic E-state index is 12.6. The highest BCUT2D eigenvalue weighted by Crippen LogP contribution is 2.43. The zero-order valence-electron chi connectivity index (χ0n) is 11.7. The molecule has 0 atom stereocenters. The van der Waals surface area contributed by atoms with Gasteiger partial charge in [0.25, 0.3) is 0 Å². The molecule has 0 unspecified atom stereocenters. The third-order valence-electron chi connectivity index (χ3n) is 3.68. The van der Waals surface area contributed by atoms with Crippen LogP contribution in [0, 0.1) is 5.92 Å². The number of halogens is 3. The molecule has 1 aliphatic rings. The van der Waals surface area contributed by atoms with Crippen molar-refractivity contribution < 1.29 is 13.2 Å². The summed E-state index contributed by atoms with van der Waals surface area (Å²) in [7, 11) is 0. The van der Waals surface area contributed by atoms with Gasteiger partial charge in [0.2, 0.25) is 0 Å². The van der Waals surface area contributed by atoms with Gasteiger partial charge in [-0.2, -0.15) is 13.2 Å².